The molecule has 1 aliphatic carbocycles. The zero-order valence-corrected chi connectivity index (χ0v) is 27.0. The van der Waals surface area contributed by atoms with Gasteiger partial charge in [-0.3, -0.25) is 0 Å². The van der Waals surface area contributed by atoms with Gasteiger partial charge in [0.05, 0.1) is 0 Å². The van der Waals surface area contributed by atoms with Gasteiger partial charge in [0.25, 0.3) is 0 Å². The summed E-state index contributed by atoms with van der Waals surface area (Å²) in [5.74, 6) is 0. The molecule has 1 heterocycles. The number of benzene rings is 6. The van der Waals surface area contributed by atoms with Crippen LogP contribution in [0.15, 0.2) is 140 Å². The first-order valence-electron chi connectivity index (χ1n) is 14.8. The zero-order valence-electron chi connectivity index (χ0n) is 24.8. The van der Waals surface area contributed by atoms with E-state index in [9.17, 15) is 0 Å². The van der Waals surface area contributed by atoms with Gasteiger partial charge in [0.1, 0.15) is 0 Å². The molecule has 0 radical (unpaired) electrons. The molecule has 0 amide bonds. The van der Waals surface area contributed by atoms with Crippen molar-refractivity contribution in [1.29, 1.82) is 0 Å². The fraction of sp³-hybridized carbons (Fsp3) is 0.0976. The van der Waals surface area contributed by atoms with E-state index in [4.69, 9.17) is 4.51 Å². The van der Waals surface area contributed by atoms with Gasteiger partial charge in [-0.2, -0.15) is 0 Å². The van der Waals surface area contributed by atoms with E-state index in [1.807, 2.05) is 0 Å². The predicted octanol–water partition coefficient (Wildman–Crippen LogP) is 10.9. The van der Waals surface area contributed by atoms with Crippen molar-refractivity contribution in [2.75, 3.05) is 4.93 Å². The standard InChI is InChI=1S/C41H34IN/c1-41(2)37-18-12-11-17-33(37)34-22-19-29(26-38(34)41)28-20-23-39-35(25-28)36-27-31(42(3,4)30-13-7-5-8-14-30)21-24-40(36)43(39)32-15-9-6-10-16-32/h5-27H,3H2,1-2,4H3. The van der Waals surface area contributed by atoms with Gasteiger partial charge in [0.15, 0.2) is 0 Å². The average molecular weight is 668 g/mol. The Morgan fingerprint density at radius 1 is 0.535 bits per heavy atom. The second-order valence-corrected chi connectivity index (χ2v) is 20.5. The van der Waals surface area contributed by atoms with Crippen molar-refractivity contribution in [3.63, 3.8) is 0 Å². The Kier molecular flexibility index (Phi) is 5.89. The van der Waals surface area contributed by atoms with Crippen molar-refractivity contribution >= 4 is 44.3 Å². The Balaban J connectivity index is 1.34. The molecule has 6 aromatic carbocycles. The number of aromatic nitrogens is 1. The summed E-state index contributed by atoms with van der Waals surface area (Å²) in [7, 11) is 0. The number of fused-ring (bicyclic) bond motifs is 6. The molecule has 0 saturated carbocycles. The van der Waals surface area contributed by atoms with Crippen LogP contribution in [0, 0.1) is 7.14 Å². The molecule has 7 aromatic rings. The van der Waals surface area contributed by atoms with Crippen molar-refractivity contribution in [2.24, 2.45) is 0 Å². The first-order valence-corrected chi connectivity index (χ1v) is 20.6. The van der Waals surface area contributed by atoms with Gasteiger partial charge in [-0.1, -0.05) is 12.1 Å². The minimum atomic E-state index is -2.65. The zero-order chi connectivity index (χ0) is 29.3. The van der Waals surface area contributed by atoms with E-state index in [0.717, 1.165) is 0 Å². The fourth-order valence-corrected chi connectivity index (χ4v) is 11.7. The molecular weight excluding hydrogens is 633 g/mol. The van der Waals surface area contributed by atoms with E-state index in [0.29, 0.717) is 0 Å². The Labute approximate surface area is 257 Å². The van der Waals surface area contributed by atoms with Gasteiger partial charge >= 0.3 is 247 Å². The monoisotopic (exact) mass is 667 g/mol. The summed E-state index contributed by atoms with van der Waals surface area (Å²) < 4.78 is 10.1. The summed E-state index contributed by atoms with van der Waals surface area (Å²) in [6, 6.07) is 51.7. The van der Waals surface area contributed by atoms with Crippen LogP contribution in [0.4, 0.5) is 0 Å². The molecular formula is C41H34IN. The van der Waals surface area contributed by atoms with Crippen molar-refractivity contribution in [1.82, 2.24) is 4.57 Å². The number of hydrogen-bond acceptors (Lipinski definition) is 0. The third-order valence-corrected chi connectivity index (χ3v) is 16.2. The van der Waals surface area contributed by atoms with Crippen LogP contribution in [0.2, 0.25) is 0 Å². The first kappa shape index (κ1) is 26.4. The van der Waals surface area contributed by atoms with E-state index >= 15 is 0 Å². The van der Waals surface area contributed by atoms with Crippen molar-refractivity contribution < 1.29 is 0 Å². The van der Waals surface area contributed by atoms with E-state index in [1.54, 1.807) is 0 Å². The first-order chi connectivity index (χ1) is 20.8. The predicted molar refractivity (Wildman–Crippen MR) is 195 cm³/mol. The summed E-state index contributed by atoms with van der Waals surface area (Å²) in [6.45, 7) is 4.71. The molecule has 0 fully saturated rings. The van der Waals surface area contributed by atoms with Crippen LogP contribution in [0.25, 0.3) is 49.7 Å². The molecule has 1 unspecified atom stereocenters. The van der Waals surface area contributed by atoms with Gasteiger partial charge in [0.2, 0.25) is 0 Å². The van der Waals surface area contributed by atoms with E-state index < -0.39 is 18.0 Å². The van der Waals surface area contributed by atoms with Crippen LogP contribution >= 0.6 is 18.0 Å². The van der Waals surface area contributed by atoms with Gasteiger partial charge in [-0.25, -0.2) is 0 Å². The van der Waals surface area contributed by atoms with Crippen molar-refractivity contribution in [3.05, 3.63) is 158 Å². The fourth-order valence-electron chi connectivity index (χ4n) is 6.99. The molecule has 1 aliphatic rings. The van der Waals surface area contributed by atoms with Gasteiger partial charge in [-0.15, -0.1) is 0 Å². The Morgan fingerprint density at radius 2 is 1.12 bits per heavy atom. The average Bonchev–Trinajstić information content (AvgIpc) is 3.49. The number of para-hydroxylation sites is 1. The van der Waals surface area contributed by atoms with E-state index in [-0.39, 0.29) is 5.41 Å². The van der Waals surface area contributed by atoms with Crippen LogP contribution in [0.1, 0.15) is 25.0 Å². The minimum absolute atomic E-state index is 0.0215. The summed E-state index contributed by atoms with van der Waals surface area (Å²) in [4.78, 5) is 2.40. The summed E-state index contributed by atoms with van der Waals surface area (Å²) in [5, 5.41) is 2.58. The molecule has 0 saturated heterocycles. The van der Waals surface area contributed by atoms with Crippen LogP contribution in [-0.2, 0) is 5.41 Å². The second kappa shape index (κ2) is 9.62. The number of halogens is 1. The summed E-state index contributed by atoms with van der Waals surface area (Å²) in [5.41, 5.74) is 11.7. The summed E-state index contributed by atoms with van der Waals surface area (Å²) in [6.07, 6.45) is 0. The SMILES string of the molecule is C=I(C)(c1ccccc1)c1ccc2c(c1)c1cc(-c3ccc4c(c3)C(C)(C)c3ccccc3-4)ccc1n2-c1ccccc1. The summed E-state index contributed by atoms with van der Waals surface area (Å²) >= 11 is -2.65. The Hall–Kier alpha value is -4.28. The van der Waals surface area contributed by atoms with Crippen molar-refractivity contribution in [3.8, 4) is 27.9 Å². The molecule has 8 rings (SSSR count). The molecule has 43 heavy (non-hydrogen) atoms. The molecule has 0 bridgehead atoms. The van der Waals surface area contributed by atoms with Gasteiger partial charge < -0.3 is 0 Å². The maximum absolute atomic E-state index is 4.86. The van der Waals surface area contributed by atoms with Gasteiger partial charge in [0, 0.05) is 0 Å². The van der Waals surface area contributed by atoms with Crippen LogP contribution in [0.3, 0.4) is 0 Å². The van der Waals surface area contributed by atoms with E-state index in [2.05, 4.69) is 163 Å². The third-order valence-electron chi connectivity index (χ3n) is 9.35. The molecule has 0 N–H and O–H groups in total. The van der Waals surface area contributed by atoms with Crippen LogP contribution < -0.4 is 0 Å². The molecule has 1 aromatic heterocycles. The Bertz CT molecular complexity index is 2240. The molecule has 2 heteroatoms. The maximum atomic E-state index is 4.86. The number of nitrogens with zero attached hydrogens (tertiary/aromatic N) is 1. The topological polar surface area (TPSA) is 4.93 Å². The number of alkyl halides is 1. The number of hydrogen-bond donors (Lipinski definition) is 0. The second-order valence-electron chi connectivity index (χ2n) is 12.3. The quantitative estimate of drug-likeness (QED) is 0.130. The molecule has 0 spiro atoms. The molecule has 210 valence electrons. The van der Waals surface area contributed by atoms with Crippen molar-refractivity contribution in [2.45, 2.75) is 19.3 Å². The van der Waals surface area contributed by atoms with Gasteiger partial charge in [-0.05, 0) is 0 Å². The third kappa shape index (κ3) is 4.00. The molecule has 0 aliphatic heterocycles. The number of rotatable bonds is 4. The van der Waals surface area contributed by atoms with Crippen LogP contribution in [-0.4, -0.2) is 14.0 Å². The normalized spacial score (nSPS) is 15.6. The van der Waals surface area contributed by atoms with Crippen LogP contribution in [0.5, 0.6) is 0 Å². The van der Waals surface area contributed by atoms with E-state index in [1.165, 1.54) is 68.0 Å². The molecule has 1 nitrogen and oxygen atoms in total. The Morgan fingerprint density at radius 3 is 1.88 bits per heavy atom. The molecule has 1 atom stereocenters.